The van der Waals surface area contributed by atoms with Gasteiger partial charge < -0.3 is 10.4 Å². The van der Waals surface area contributed by atoms with Crippen LogP contribution in [-0.2, 0) is 5.60 Å². The smallest absolute Gasteiger partial charge is 0.110 e. The summed E-state index contributed by atoms with van der Waals surface area (Å²) >= 11 is 6.15. The van der Waals surface area contributed by atoms with Crippen LogP contribution in [0, 0.1) is 0 Å². The van der Waals surface area contributed by atoms with Crippen molar-refractivity contribution in [1.29, 1.82) is 0 Å². The molecular formula is C11H18ClN3O. The molecule has 0 amide bonds. The molecule has 2 rings (SSSR count). The maximum atomic E-state index is 10.7. The summed E-state index contributed by atoms with van der Waals surface area (Å²) in [6, 6.07) is 0.210. The molecular weight excluding hydrogens is 226 g/mol. The molecule has 1 aromatic rings. The summed E-state index contributed by atoms with van der Waals surface area (Å²) < 4.78 is 1.83. The molecule has 1 fully saturated rings. The van der Waals surface area contributed by atoms with Gasteiger partial charge in [-0.2, -0.15) is 5.10 Å². The fourth-order valence-electron chi connectivity index (χ4n) is 2.25. The third-order valence-corrected chi connectivity index (χ3v) is 3.39. The van der Waals surface area contributed by atoms with E-state index >= 15 is 0 Å². The summed E-state index contributed by atoms with van der Waals surface area (Å²) in [5, 5.41) is 18.7. The molecule has 5 heteroatoms. The molecule has 90 valence electrons. The lowest BCUT2D eigenvalue weighted by Gasteiger charge is -2.34. The number of piperidine rings is 1. The SMILES string of the molecule is CC(C)n1ncc(Cl)c1C1(O)CCNCC1. The van der Waals surface area contributed by atoms with Crippen LogP contribution in [0.4, 0.5) is 0 Å². The molecule has 0 unspecified atom stereocenters. The van der Waals surface area contributed by atoms with E-state index in [1.165, 1.54) is 0 Å². The molecule has 0 aromatic carbocycles. The van der Waals surface area contributed by atoms with Crippen LogP contribution in [0.1, 0.15) is 38.4 Å². The number of hydrogen-bond acceptors (Lipinski definition) is 3. The lowest BCUT2D eigenvalue weighted by atomic mass is 9.89. The minimum absolute atomic E-state index is 0.210. The van der Waals surface area contributed by atoms with Gasteiger partial charge in [-0.1, -0.05) is 11.6 Å². The molecule has 1 aliphatic rings. The first-order valence-corrected chi connectivity index (χ1v) is 6.09. The minimum atomic E-state index is -0.830. The summed E-state index contributed by atoms with van der Waals surface area (Å²) in [5.41, 5.74) is -0.0611. The predicted octanol–water partition coefficient (Wildman–Crippen LogP) is 1.69. The van der Waals surface area contributed by atoms with Gasteiger partial charge in [0.2, 0.25) is 0 Å². The molecule has 0 radical (unpaired) electrons. The molecule has 0 aliphatic carbocycles. The van der Waals surface area contributed by atoms with E-state index in [-0.39, 0.29) is 6.04 Å². The summed E-state index contributed by atoms with van der Waals surface area (Å²) in [7, 11) is 0. The van der Waals surface area contributed by atoms with Gasteiger partial charge in [0.15, 0.2) is 0 Å². The first kappa shape index (κ1) is 11.9. The van der Waals surface area contributed by atoms with Gasteiger partial charge in [0.25, 0.3) is 0 Å². The fourth-order valence-corrected chi connectivity index (χ4v) is 2.55. The van der Waals surface area contributed by atoms with E-state index in [1.54, 1.807) is 6.20 Å². The number of nitrogens with one attached hydrogen (secondary N) is 1. The third-order valence-electron chi connectivity index (χ3n) is 3.11. The highest BCUT2D eigenvalue weighted by Crippen LogP contribution is 2.36. The van der Waals surface area contributed by atoms with Crippen LogP contribution >= 0.6 is 11.6 Å². The second-order valence-electron chi connectivity index (χ2n) is 4.66. The van der Waals surface area contributed by atoms with Gasteiger partial charge >= 0.3 is 0 Å². The summed E-state index contributed by atoms with van der Waals surface area (Å²) in [4.78, 5) is 0. The van der Waals surface area contributed by atoms with Gasteiger partial charge in [0, 0.05) is 6.04 Å². The molecule has 0 atom stereocenters. The average molecular weight is 244 g/mol. The van der Waals surface area contributed by atoms with Crippen molar-refractivity contribution in [2.45, 2.75) is 38.3 Å². The highest BCUT2D eigenvalue weighted by molar-refractivity contribution is 6.31. The van der Waals surface area contributed by atoms with E-state index in [0.717, 1.165) is 18.8 Å². The van der Waals surface area contributed by atoms with Gasteiger partial charge in [0.05, 0.1) is 16.9 Å². The standard InChI is InChI=1S/C11H18ClN3O/c1-8(2)15-10(9(12)7-14-15)11(16)3-5-13-6-4-11/h7-8,13,16H,3-6H2,1-2H3. The Balaban J connectivity index is 2.41. The van der Waals surface area contributed by atoms with Crippen molar-refractivity contribution >= 4 is 11.6 Å². The van der Waals surface area contributed by atoms with Crippen molar-refractivity contribution in [2.75, 3.05) is 13.1 Å². The van der Waals surface area contributed by atoms with Crippen molar-refractivity contribution in [1.82, 2.24) is 15.1 Å². The second-order valence-corrected chi connectivity index (χ2v) is 5.07. The van der Waals surface area contributed by atoms with Crippen LogP contribution in [0.25, 0.3) is 0 Å². The van der Waals surface area contributed by atoms with Crippen molar-refractivity contribution in [3.8, 4) is 0 Å². The Morgan fingerprint density at radius 3 is 2.69 bits per heavy atom. The normalized spacial score (nSPS) is 20.3. The van der Waals surface area contributed by atoms with Crippen molar-refractivity contribution in [2.24, 2.45) is 0 Å². The Bertz CT molecular complexity index is 369. The van der Waals surface area contributed by atoms with Gasteiger partial charge in [-0.05, 0) is 39.8 Å². The monoisotopic (exact) mass is 243 g/mol. The number of nitrogens with zero attached hydrogens (tertiary/aromatic N) is 2. The summed E-state index contributed by atoms with van der Waals surface area (Å²) in [6.45, 7) is 5.71. The summed E-state index contributed by atoms with van der Waals surface area (Å²) in [5.74, 6) is 0. The lowest BCUT2D eigenvalue weighted by Crippen LogP contribution is -2.41. The Morgan fingerprint density at radius 1 is 1.50 bits per heavy atom. The molecule has 1 saturated heterocycles. The minimum Gasteiger partial charge on any atom is -0.383 e. The van der Waals surface area contributed by atoms with E-state index in [4.69, 9.17) is 11.6 Å². The number of hydrogen-bond donors (Lipinski definition) is 2. The number of rotatable bonds is 2. The Kier molecular flexibility index (Phi) is 3.24. The Hall–Kier alpha value is -0.580. The average Bonchev–Trinajstić information content (AvgIpc) is 2.62. The van der Waals surface area contributed by atoms with Gasteiger partial charge in [-0.25, -0.2) is 0 Å². The Labute approximate surface area is 101 Å². The van der Waals surface area contributed by atoms with Crippen LogP contribution in [0.15, 0.2) is 6.20 Å². The molecule has 1 aliphatic heterocycles. The van der Waals surface area contributed by atoms with E-state index < -0.39 is 5.60 Å². The first-order chi connectivity index (χ1) is 7.54. The topological polar surface area (TPSA) is 50.1 Å². The van der Waals surface area contributed by atoms with Gasteiger partial charge in [0.1, 0.15) is 5.60 Å². The lowest BCUT2D eigenvalue weighted by molar-refractivity contribution is -0.00318. The third kappa shape index (κ3) is 1.97. The van der Waals surface area contributed by atoms with E-state index in [2.05, 4.69) is 10.4 Å². The highest BCUT2D eigenvalue weighted by Gasteiger charge is 2.36. The van der Waals surface area contributed by atoms with Crippen LogP contribution in [0.3, 0.4) is 0 Å². The maximum absolute atomic E-state index is 10.7. The fraction of sp³-hybridized carbons (Fsp3) is 0.727. The second kappa shape index (κ2) is 4.35. The molecule has 2 heterocycles. The van der Waals surface area contributed by atoms with Gasteiger partial charge in [-0.3, -0.25) is 4.68 Å². The predicted molar refractivity (Wildman–Crippen MR) is 63.6 cm³/mol. The van der Waals surface area contributed by atoms with Crippen LogP contribution in [0.5, 0.6) is 0 Å². The first-order valence-electron chi connectivity index (χ1n) is 5.71. The molecule has 1 aromatic heterocycles. The molecule has 0 bridgehead atoms. The number of aromatic nitrogens is 2. The zero-order valence-electron chi connectivity index (χ0n) is 9.70. The zero-order chi connectivity index (χ0) is 11.8. The highest BCUT2D eigenvalue weighted by atomic mass is 35.5. The van der Waals surface area contributed by atoms with Crippen LogP contribution in [0.2, 0.25) is 5.02 Å². The summed E-state index contributed by atoms with van der Waals surface area (Å²) in [6.07, 6.45) is 2.99. The molecule has 2 N–H and O–H groups in total. The zero-order valence-corrected chi connectivity index (χ0v) is 10.5. The van der Waals surface area contributed by atoms with Gasteiger partial charge in [-0.15, -0.1) is 0 Å². The molecule has 0 spiro atoms. The van der Waals surface area contributed by atoms with E-state index in [1.807, 2.05) is 18.5 Å². The number of aliphatic hydroxyl groups is 1. The van der Waals surface area contributed by atoms with Crippen molar-refractivity contribution < 1.29 is 5.11 Å². The van der Waals surface area contributed by atoms with Crippen molar-refractivity contribution in [3.63, 3.8) is 0 Å². The van der Waals surface area contributed by atoms with E-state index in [9.17, 15) is 5.11 Å². The van der Waals surface area contributed by atoms with Crippen molar-refractivity contribution in [3.05, 3.63) is 16.9 Å². The molecule has 16 heavy (non-hydrogen) atoms. The van der Waals surface area contributed by atoms with Crippen LogP contribution in [-0.4, -0.2) is 28.0 Å². The van der Waals surface area contributed by atoms with Crippen LogP contribution < -0.4 is 5.32 Å². The quantitative estimate of drug-likeness (QED) is 0.831. The largest absolute Gasteiger partial charge is 0.383 e. The number of halogens is 1. The molecule has 4 nitrogen and oxygen atoms in total. The molecule has 0 saturated carbocycles. The maximum Gasteiger partial charge on any atom is 0.110 e. The Morgan fingerprint density at radius 2 is 2.12 bits per heavy atom. The van der Waals surface area contributed by atoms with E-state index in [0.29, 0.717) is 17.9 Å².